The minimum Gasteiger partial charge on any atom is -0.444 e. The smallest absolute Gasteiger partial charge is 0.275 e. The fourth-order valence-electron chi connectivity index (χ4n) is 3.87. The van der Waals surface area contributed by atoms with Crippen LogP contribution in [-0.4, -0.2) is 34.8 Å². The average Bonchev–Trinajstić information content (AvgIpc) is 3.28. The number of aromatic nitrogens is 1. The summed E-state index contributed by atoms with van der Waals surface area (Å²) >= 11 is 0. The Morgan fingerprint density at radius 2 is 1.81 bits per heavy atom. The van der Waals surface area contributed by atoms with E-state index in [-0.39, 0.29) is 11.8 Å². The van der Waals surface area contributed by atoms with Gasteiger partial charge in [0.15, 0.2) is 5.69 Å². The van der Waals surface area contributed by atoms with Gasteiger partial charge in [0, 0.05) is 25.2 Å². The number of likely N-dealkylation sites (tertiary alicyclic amines) is 1. The molecule has 1 fully saturated rings. The van der Waals surface area contributed by atoms with E-state index in [9.17, 15) is 9.59 Å². The summed E-state index contributed by atoms with van der Waals surface area (Å²) < 4.78 is 5.62. The number of hydrogen-bond donors (Lipinski definition) is 1. The number of carbonyl (C=O) groups is 2. The van der Waals surface area contributed by atoms with Crippen LogP contribution in [0.4, 0.5) is 0 Å². The van der Waals surface area contributed by atoms with Crippen molar-refractivity contribution >= 4 is 11.8 Å². The Morgan fingerprint density at radius 1 is 1.03 bits per heavy atom. The van der Waals surface area contributed by atoms with Crippen LogP contribution in [0, 0.1) is 6.92 Å². The Morgan fingerprint density at radius 3 is 2.55 bits per heavy atom. The molecule has 6 heteroatoms. The topological polar surface area (TPSA) is 75.4 Å². The van der Waals surface area contributed by atoms with Crippen LogP contribution in [0.15, 0.2) is 59.2 Å². The predicted molar refractivity (Wildman–Crippen MR) is 118 cm³/mol. The molecular formula is C25H27N3O3. The zero-order chi connectivity index (χ0) is 21.6. The molecule has 2 heterocycles. The SMILES string of the molecule is Cc1cc(CNC(=O)Cc2ccccc2)ccc1-c1nc(C(=O)N2CCCCC2)co1. The molecule has 0 unspecified atom stereocenters. The minimum atomic E-state index is -0.0647. The quantitative estimate of drug-likeness (QED) is 0.654. The number of oxazole rings is 1. The number of amides is 2. The van der Waals surface area contributed by atoms with Crippen molar-refractivity contribution in [3.05, 3.63) is 77.2 Å². The van der Waals surface area contributed by atoms with Gasteiger partial charge in [0.2, 0.25) is 11.8 Å². The molecule has 2 amide bonds. The van der Waals surface area contributed by atoms with Crippen molar-refractivity contribution in [1.29, 1.82) is 0 Å². The van der Waals surface area contributed by atoms with Crippen LogP contribution in [0.1, 0.15) is 46.4 Å². The lowest BCUT2D eigenvalue weighted by Gasteiger charge is -2.25. The molecule has 1 aliphatic heterocycles. The maximum Gasteiger partial charge on any atom is 0.275 e. The highest BCUT2D eigenvalue weighted by atomic mass is 16.3. The summed E-state index contributed by atoms with van der Waals surface area (Å²) in [6.07, 6.45) is 5.06. The summed E-state index contributed by atoms with van der Waals surface area (Å²) in [7, 11) is 0. The Hall–Kier alpha value is -3.41. The number of nitrogens with zero attached hydrogens (tertiary/aromatic N) is 2. The van der Waals surface area contributed by atoms with Crippen LogP contribution in [0.2, 0.25) is 0 Å². The van der Waals surface area contributed by atoms with Gasteiger partial charge in [-0.3, -0.25) is 9.59 Å². The van der Waals surface area contributed by atoms with Gasteiger partial charge in [-0.1, -0.05) is 42.5 Å². The molecule has 0 radical (unpaired) electrons. The van der Waals surface area contributed by atoms with E-state index in [2.05, 4.69) is 10.3 Å². The number of aryl methyl sites for hydroxylation is 1. The first-order valence-corrected chi connectivity index (χ1v) is 10.8. The van der Waals surface area contributed by atoms with Gasteiger partial charge in [0.05, 0.1) is 6.42 Å². The molecule has 1 aliphatic rings. The van der Waals surface area contributed by atoms with Gasteiger partial charge in [-0.25, -0.2) is 4.98 Å². The first-order valence-electron chi connectivity index (χ1n) is 10.8. The molecule has 31 heavy (non-hydrogen) atoms. The number of piperidine rings is 1. The van der Waals surface area contributed by atoms with E-state index in [1.807, 2.05) is 60.4 Å². The minimum absolute atomic E-state index is 0.0125. The zero-order valence-corrected chi connectivity index (χ0v) is 17.8. The van der Waals surface area contributed by atoms with Crippen molar-refractivity contribution in [3.63, 3.8) is 0 Å². The molecule has 160 valence electrons. The highest BCUT2D eigenvalue weighted by Crippen LogP contribution is 2.24. The second kappa shape index (κ2) is 9.60. The Labute approximate surface area is 182 Å². The van der Waals surface area contributed by atoms with Crippen molar-refractivity contribution in [2.24, 2.45) is 0 Å². The third-order valence-corrected chi connectivity index (χ3v) is 5.58. The molecule has 2 aromatic carbocycles. The Bertz CT molecular complexity index is 1050. The van der Waals surface area contributed by atoms with Gasteiger partial charge in [0.1, 0.15) is 6.26 Å². The summed E-state index contributed by atoms with van der Waals surface area (Å²) in [4.78, 5) is 31.1. The van der Waals surface area contributed by atoms with Gasteiger partial charge in [-0.15, -0.1) is 0 Å². The van der Waals surface area contributed by atoms with Crippen molar-refractivity contribution < 1.29 is 14.0 Å². The van der Waals surface area contributed by atoms with E-state index in [1.165, 1.54) is 12.7 Å². The molecule has 0 aliphatic carbocycles. The third kappa shape index (κ3) is 5.20. The third-order valence-electron chi connectivity index (χ3n) is 5.58. The predicted octanol–water partition coefficient (Wildman–Crippen LogP) is 4.14. The monoisotopic (exact) mass is 417 g/mol. The molecule has 0 bridgehead atoms. The Balaban J connectivity index is 1.38. The summed E-state index contributed by atoms with van der Waals surface area (Å²) in [5.41, 5.74) is 4.17. The van der Waals surface area contributed by atoms with E-state index >= 15 is 0 Å². The van der Waals surface area contributed by atoms with Crippen molar-refractivity contribution in [2.45, 2.75) is 39.2 Å². The molecule has 1 N–H and O–H groups in total. The van der Waals surface area contributed by atoms with Crippen LogP contribution in [0.5, 0.6) is 0 Å². The largest absolute Gasteiger partial charge is 0.444 e. The lowest BCUT2D eigenvalue weighted by molar-refractivity contribution is -0.120. The number of benzene rings is 2. The molecule has 0 atom stereocenters. The first kappa shape index (κ1) is 20.8. The van der Waals surface area contributed by atoms with Gasteiger partial charge in [-0.2, -0.15) is 0 Å². The van der Waals surface area contributed by atoms with Crippen molar-refractivity contribution in [2.75, 3.05) is 13.1 Å². The number of carbonyl (C=O) groups excluding carboxylic acids is 2. The summed E-state index contributed by atoms with van der Waals surface area (Å²) in [6.45, 7) is 3.99. The maximum absolute atomic E-state index is 12.6. The van der Waals surface area contributed by atoms with Crippen LogP contribution >= 0.6 is 0 Å². The van der Waals surface area contributed by atoms with Gasteiger partial charge in [0.25, 0.3) is 5.91 Å². The second-order valence-electron chi connectivity index (χ2n) is 7.98. The molecule has 1 saturated heterocycles. The highest BCUT2D eigenvalue weighted by Gasteiger charge is 2.22. The molecule has 6 nitrogen and oxygen atoms in total. The van der Waals surface area contributed by atoms with Crippen LogP contribution in [0.25, 0.3) is 11.5 Å². The first-order chi connectivity index (χ1) is 15.1. The zero-order valence-electron chi connectivity index (χ0n) is 17.8. The average molecular weight is 418 g/mol. The van der Waals surface area contributed by atoms with Gasteiger partial charge >= 0.3 is 0 Å². The fraction of sp³-hybridized carbons (Fsp3) is 0.320. The van der Waals surface area contributed by atoms with Gasteiger partial charge in [-0.05, 0) is 48.9 Å². The van der Waals surface area contributed by atoms with E-state index < -0.39 is 0 Å². The molecular weight excluding hydrogens is 390 g/mol. The molecule has 3 aromatic rings. The number of rotatable bonds is 6. The lowest BCUT2D eigenvalue weighted by atomic mass is 10.0. The van der Waals surface area contributed by atoms with Gasteiger partial charge < -0.3 is 14.6 Å². The van der Waals surface area contributed by atoms with E-state index in [0.717, 1.165) is 48.2 Å². The number of hydrogen-bond acceptors (Lipinski definition) is 4. The molecule has 1 aromatic heterocycles. The molecule has 0 spiro atoms. The summed E-state index contributed by atoms with van der Waals surface area (Å²) in [5.74, 6) is 0.365. The van der Waals surface area contributed by atoms with E-state index in [0.29, 0.717) is 24.6 Å². The highest BCUT2D eigenvalue weighted by molar-refractivity contribution is 5.92. The summed E-state index contributed by atoms with van der Waals surface area (Å²) in [5, 5.41) is 2.96. The fourth-order valence-corrected chi connectivity index (χ4v) is 3.87. The van der Waals surface area contributed by atoms with Crippen LogP contribution in [0.3, 0.4) is 0 Å². The Kier molecular flexibility index (Phi) is 6.46. The normalized spacial score (nSPS) is 13.8. The van der Waals surface area contributed by atoms with Crippen LogP contribution in [-0.2, 0) is 17.8 Å². The van der Waals surface area contributed by atoms with E-state index in [1.54, 1.807) is 0 Å². The van der Waals surface area contributed by atoms with Crippen molar-refractivity contribution in [1.82, 2.24) is 15.2 Å². The van der Waals surface area contributed by atoms with Crippen LogP contribution < -0.4 is 5.32 Å². The summed E-state index contributed by atoms with van der Waals surface area (Å²) in [6, 6.07) is 15.6. The van der Waals surface area contributed by atoms with E-state index in [4.69, 9.17) is 4.42 Å². The van der Waals surface area contributed by atoms with Crippen molar-refractivity contribution in [3.8, 4) is 11.5 Å². The lowest BCUT2D eigenvalue weighted by Crippen LogP contribution is -2.35. The molecule has 0 saturated carbocycles. The number of nitrogens with one attached hydrogen (secondary N) is 1. The standard InChI is InChI=1S/C25H27N3O3/c1-18-14-20(16-26-23(29)15-19-8-4-2-5-9-19)10-11-21(18)24-27-22(17-31-24)25(30)28-12-6-3-7-13-28/h2,4-5,8-11,14,17H,3,6-7,12-13,15-16H2,1H3,(H,26,29). The second-order valence-corrected chi connectivity index (χ2v) is 7.98. The maximum atomic E-state index is 12.6. The molecule has 4 rings (SSSR count).